The molecule has 1 saturated carbocycles. The lowest BCUT2D eigenvalue weighted by molar-refractivity contribution is 0.343. The fourth-order valence-electron chi connectivity index (χ4n) is 4.41. The Labute approximate surface area is 153 Å². The Balaban J connectivity index is 1.54. The summed E-state index contributed by atoms with van der Waals surface area (Å²) in [4.78, 5) is 3.52. The van der Waals surface area contributed by atoms with E-state index >= 15 is 0 Å². The standard InChI is InChI=1S/C23H25F2N/c24-20-8-6-16(7-9-20)12-17-4-2-1-3-5-18(13-17)23-15-19-14-21(25)10-11-22(19)26-23/h6-11,14-15,17-18,26H,1-5,12-13H2/t17?,18-/m0/s1. The van der Waals surface area contributed by atoms with Crippen LogP contribution in [0.15, 0.2) is 48.5 Å². The SMILES string of the molecule is Fc1ccc(CC2CCCCC[C@H](c3cc4cc(F)ccc4[nH]3)C2)cc1. The van der Waals surface area contributed by atoms with Crippen molar-refractivity contribution in [3.05, 3.63) is 71.4 Å². The monoisotopic (exact) mass is 353 g/mol. The fourth-order valence-corrected chi connectivity index (χ4v) is 4.41. The summed E-state index contributed by atoms with van der Waals surface area (Å²) in [5.74, 6) is 0.731. The van der Waals surface area contributed by atoms with Crippen LogP contribution in [0.3, 0.4) is 0 Å². The molecule has 0 amide bonds. The van der Waals surface area contributed by atoms with Crippen LogP contribution < -0.4 is 0 Å². The highest BCUT2D eigenvalue weighted by Crippen LogP contribution is 2.36. The van der Waals surface area contributed by atoms with Gasteiger partial charge in [0.1, 0.15) is 11.6 Å². The number of nitrogens with one attached hydrogen (secondary N) is 1. The van der Waals surface area contributed by atoms with E-state index in [1.807, 2.05) is 18.2 Å². The Bertz CT molecular complexity index is 866. The van der Waals surface area contributed by atoms with E-state index in [4.69, 9.17) is 0 Å². The molecule has 0 aliphatic heterocycles. The molecule has 1 aliphatic rings. The molecule has 136 valence electrons. The molecule has 1 aromatic heterocycles. The molecule has 1 nitrogen and oxygen atoms in total. The number of H-pyrrole nitrogens is 1. The van der Waals surface area contributed by atoms with Gasteiger partial charge in [-0.2, -0.15) is 0 Å². The van der Waals surface area contributed by atoms with E-state index in [1.54, 1.807) is 18.2 Å². The van der Waals surface area contributed by atoms with Gasteiger partial charge in [-0.3, -0.25) is 0 Å². The minimum absolute atomic E-state index is 0.172. The summed E-state index contributed by atoms with van der Waals surface area (Å²) < 4.78 is 26.7. The number of halogens is 2. The highest BCUT2D eigenvalue weighted by molar-refractivity contribution is 5.80. The van der Waals surface area contributed by atoms with E-state index < -0.39 is 0 Å². The number of aromatic amines is 1. The molecular weight excluding hydrogens is 328 g/mol. The lowest BCUT2D eigenvalue weighted by Crippen LogP contribution is -2.13. The summed E-state index contributed by atoms with van der Waals surface area (Å²) in [6.45, 7) is 0. The lowest BCUT2D eigenvalue weighted by Gasteiger charge is -2.26. The lowest BCUT2D eigenvalue weighted by atomic mass is 9.80. The van der Waals surface area contributed by atoms with Crippen molar-refractivity contribution in [3.63, 3.8) is 0 Å². The molecule has 3 heteroatoms. The van der Waals surface area contributed by atoms with E-state index in [1.165, 1.54) is 49.4 Å². The second kappa shape index (κ2) is 7.61. The van der Waals surface area contributed by atoms with E-state index in [2.05, 4.69) is 11.1 Å². The van der Waals surface area contributed by atoms with Gasteiger partial charge in [0.2, 0.25) is 0 Å². The van der Waals surface area contributed by atoms with Gasteiger partial charge in [0.05, 0.1) is 0 Å². The molecule has 0 bridgehead atoms. The zero-order valence-corrected chi connectivity index (χ0v) is 15.0. The Morgan fingerprint density at radius 2 is 1.62 bits per heavy atom. The first kappa shape index (κ1) is 17.3. The van der Waals surface area contributed by atoms with Crippen molar-refractivity contribution in [2.75, 3.05) is 0 Å². The third-order valence-electron chi connectivity index (χ3n) is 5.76. The maximum Gasteiger partial charge on any atom is 0.123 e. The minimum atomic E-state index is -0.185. The molecule has 2 atom stereocenters. The van der Waals surface area contributed by atoms with Crippen LogP contribution in [-0.2, 0) is 6.42 Å². The quantitative estimate of drug-likeness (QED) is 0.536. The number of hydrogen-bond acceptors (Lipinski definition) is 0. The average molecular weight is 353 g/mol. The Hall–Kier alpha value is -2.16. The van der Waals surface area contributed by atoms with Crippen molar-refractivity contribution in [2.24, 2.45) is 5.92 Å². The van der Waals surface area contributed by atoms with E-state index in [9.17, 15) is 8.78 Å². The number of hydrogen-bond donors (Lipinski definition) is 1. The van der Waals surface area contributed by atoms with Crippen LogP contribution in [0.5, 0.6) is 0 Å². The molecule has 1 heterocycles. The summed E-state index contributed by atoms with van der Waals surface area (Å²) in [5.41, 5.74) is 3.46. The van der Waals surface area contributed by atoms with Crippen LogP contribution in [0.25, 0.3) is 10.9 Å². The zero-order chi connectivity index (χ0) is 17.9. The van der Waals surface area contributed by atoms with Gasteiger partial charge < -0.3 is 4.98 Å². The van der Waals surface area contributed by atoms with Crippen molar-refractivity contribution >= 4 is 10.9 Å². The van der Waals surface area contributed by atoms with Gasteiger partial charge >= 0.3 is 0 Å². The van der Waals surface area contributed by atoms with Gasteiger partial charge in [-0.05, 0) is 73.1 Å². The van der Waals surface area contributed by atoms with E-state index in [0.29, 0.717) is 11.8 Å². The van der Waals surface area contributed by atoms with Crippen molar-refractivity contribution in [3.8, 4) is 0 Å². The second-order valence-corrected chi connectivity index (χ2v) is 7.72. The summed E-state index contributed by atoms with van der Waals surface area (Å²) in [5, 5.41) is 0.956. The summed E-state index contributed by atoms with van der Waals surface area (Å²) in [6, 6.07) is 14.0. The minimum Gasteiger partial charge on any atom is -0.358 e. The van der Waals surface area contributed by atoms with Crippen LogP contribution in [0.4, 0.5) is 8.78 Å². The van der Waals surface area contributed by atoms with Crippen molar-refractivity contribution < 1.29 is 8.78 Å². The highest BCUT2D eigenvalue weighted by Gasteiger charge is 2.22. The van der Waals surface area contributed by atoms with Crippen LogP contribution >= 0.6 is 0 Å². The van der Waals surface area contributed by atoms with Crippen molar-refractivity contribution in [2.45, 2.75) is 50.9 Å². The van der Waals surface area contributed by atoms with Gasteiger partial charge in [-0.25, -0.2) is 8.78 Å². The molecule has 2 aromatic carbocycles. The van der Waals surface area contributed by atoms with Crippen molar-refractivity contribution in [1.82, 2.24) is 4.98 Å². The molecule has 3 aromatic rings. The number of benzene rings is 2. The molecule has 0 saturated heterocycles. The normalized spacial score (nSPS) is 21.5. The largest absolute Gasteiger partial charge is 0.358 e. The number of rotatable bonds is 3. The molecule has 0 spiro atoms. The van der Waals surface area contributed by atoms with Gasteiger partial charge in [-0.15, -0.1) is 0 Å². The Morgan fingerprint density at radius 1 is 0.846 bits per heavy atom. The second-order valence-electron chi connectivity index (χ2n) is 7.72. The highest BCUT2D eigenvalue weighted by atomic mass is 19.1. The fraction of sp³-hybridized carbons (Fsp3) is 0.391. The number of fused-ring (bicyclic) bond motifs is 1. The van der Waals surface area contributed by atoms with Crippen LogP contribution in [-0.4, -0.2) is 4.98 Å². The van der Waals surface area contributed by atoms with Crippen LogP contribution in [0.1, 0.15) is 55.7 Å². The molecule has 0 radical (unpaired) electrons. The Kier molecular flexibility index (Phi) is 5.05. The zero-order valence-electron chi connectivity index (χ0n) is 15.0. The molecular formula is C23H25F2N. The summed E-state index contributed by atoms with van der Waals surface area (Å²) in [6.07, 6.45) is 8.33. The van der Waals surface area contributed by atoms with Gasteiger partial charge in [0, 0.05) is 16.6 Å². The number of aromatic nitrogens is 1. The molecule has 1 unspecified atom stereocenters. The first-order valence-electron chi connectivity index (χ1n) is 9.70. The van der Waals surface area contributed by atoms with Gasteiger partial charge in [0.25, 0.3) is 0 Å². The molecule has 26 heavy (non-hydrogen) atoms. The maximum absolute atomic E-state index is 13.5. The van der Waals surface area contributed by atoms with E-state index in [0.717, 1.165) is 23.7 Å². The maximum atomic E-state index is 13.5. The molecule has 1 fully saturated rings. The first-order valence-corrected chi connectivity index (χ1v) is 9.70. The summed E-state index contributed by atoms with van der Waals surface area (Å²) in [7, 11) is 0. The summed E-state index contributed by atoms with van der Waals surface area (Å²) >= 11 is 0. The predicted octanol–water partition coefficient (Wildman–Crippen LogP) is 6.74. The predicted molar refractivity (Wildman–Crippen MR) is 102 cm³/mol. The molecule has 1 aliphatic carbocycles. The van der Waals surface area contributed by atoms with Crippen LogP contribution in [0.2, 0.25) is 0 Å². The Morgan fingerprint density at radius 3 is 2.46 bits per heavy atom. The third kappa shape index (κ3) is 3.98. The van der Waals surface area contributed by atoms with E-state index in [-0.39, 0.29) is 11.6 Å². The smallest absolute Gasteiger partial charge is 0.123 e. The van der Waals surface area contributed by atoms with Crippen molar-refractivity contribution in [1.29, 1.82) is 0 Å². The molecule has 1 N–H and O–H groups in total. The first-order chi connectivity index (χ1) is 12.7. The average Bonchev–Trinajstić information content (AvgIpc) is 3.02. The molecule has 4 rings (SSSR count). The van der Waals surface area contributed by atoms with Gasteiger partial charge in [0.15, 0.2) is 0 Å². The van der Waals surface area contributed by atoms with Crippen LogP contribution in [0, 0.1) is 17.6 Å². The third-order valence-corrected chi connectivity index (χ3v) is 5.76. The topological polar surface area (TPSA) is 15.8 Å². The van der Waals surface area contributed by atoms with Gasteiger partial charge in [-0.1, -0.05) is 37.8 Å².